The van der Waals surface area contributed by atoms with Crippen LogP contribution >= 0.6 is 11.6 Å². The Kier molecular flexibility index (Phi) is 4.65. The molecule has 1 N–H and O–H groups in total. The van der Waals surface area contributed by atoms with Crippen molar-refractivity contribution < 1.29 is 4.74 Å². The number of aromatic nitrogens is 2. The second-order valence-corrected chi connectivity index (χ2v) is 6.82. The Labute approximate surface area is 162 Å². The summed E-state index contributed by atoms with van der Waals surface area (Å²) in [4.78, 5) is 8.80. The molecule has 0 saturated heterocycles. The maximum Gasteiger partial charge on any atom is 0.141 e. The van der Waals surface area contributed by atoms with E-state index in [1.165, 1.54) is 11.1 Å². The Morgan fingerprint density at radius 3 is 2.41 bits per heavy atom. The van der Waals surface area contributed by atoms with Crippen LogP contribution < -0.4 is 10.1 Å². The van der Waals surface area contributed by atoms with Crippen LogP contribution in [0.15, 0.2) is 67.0 Å². The third-order valence-corrected chi connectivity index (χ3v) is 4.61. The zero-order valence-corrected chi connectivity index (χ0v) is 15.8. The third kappa shape index (κ3) is 3.86. The molecule has 0 aliphatic rings. The van der Waals surface area contributed by atoms with Gasteiger partial charge in [0.15, 0.2) is 0 Å². The molecule has 0 saturated carbocycles. The summed E-state index contributed by atoms with van der Waals surface area (Å²) in [6.07, 6.45) is 1.58. The fraction of sp³-hybridized carbons (Fsp3) is 0.0909. The summed E-state index contributed by atoms with van der Waals surface area (Å²) in [7, 11) is 0. The molecule has 0 radical (unpaired) electrons. The highest BCUT2D eigenvalue weighted by Crippen LogP contribution is 2.29. The van der Waals surface area contributed by atoms with Crippen molar-refractivity contribution in [3.05, 3.63) is 83.1 Å². The number of fused-ring (bicyclic) bond motifs is 1. The van der Waals surface area contributed by atoms with Crippen molar-refractivity contribution in [3.8, 4) is 11.5 Å². The van der Waals surface area contributed by atoms with Crippen LogP contribution in [0.3, 0.4) is 0 Å². The Hall–Kier alpha value is -3.11. The van der Waals surface area contributed by atoms with Crippen LogP contribution in [0.25, 0.3) is 10.9 Å². The molecule has 0 fully saturated rings. The van der Waals surface area contributed by atoms with Gasteiger partial charge in [-0.15, -0.1) is 0 Å². The number of ether oxygens (including phenoxy) is 1. The summed E-state index contributed by atoms with van der Waals surface area (Å²) in [5, 5.41) is 5.00. The van der Waals surface area contributed by atoms with Gasteiger partial charge >= 0.3 is 0 Å². The molecular weight excluding hydrogens is 358 g/mol. The van der Waals surface area contributed by atoms with Crippen molar-refractivity contribution in [2.24, 2.45) is 0 Å². The van der Waals surface area contributed by atoms with Gasteiger partial charge in [0.2, 0.25) is 0 Å². The fourth-order valence-corrected chi connectivity index (χ4v) is 3.04. The predicted octanol–water partition coefficient (Wildman–Crippen LogP) is 6.44. The largest absolute Gasteiger partial charge is 0.457 e. The molecule has 4 nitrogen and oxygen atoms in total. The SMILES string of the molecule is Cc1cc2ncnc(Nc3cccc(Oc4cccc(Cl)c4)c3)c2cc1C. The first-order valence-electron chi connectivity index (χ1n) is 8.61. The van der Waals surface area contributed by atoms with Crippen molar-refractivity contribution in [3.63, 3.8) is 0 Å². The van der Waals surface area contributed by atoms with Crippen molar-refractivity contribution in [2.75, 3.05) is 5.32 Å². The molecule has 5 heteroatoms. The molecule has 0 bridgehead atoms. The predicted molar refractivity (Wildman–Crippen MR) is 110 cm³/mol. The molecule has 0 aliphatic carbocycles. The maximum absolute atomic E-state index is 6.02. The monoisotopic (exact) mass is 375 g/mol. The molecule has 0 aliphatic heterocycles. The van der Waals surface area contributed by atoms with Gasteiger partial charge in [-0.25, -0.2) is 9.97 Å². The van der Waals surface area contributed by atoms with E-state index in [1.807, 2.05) is 42.5 Å². The first-order valence-corrected chi connectivity index (χ1v) is 8.99. The molecule has 0 atom stereocenters. The van der Waals surface area contributed by atoms with E-state index in [0.717, 1.165) is 22.4 Å². The van der Waals surface area contributed by atoms with E-state index < -0.39 is 0 Å². The topological polar surface area (TPSA) is 47.0 Å². The molecule has 4 aromatic rings. The van der Waals surface area contributed by atoms with E-state index in [0.29, 0.717) is 16.5 Å². The van der Waals surface area contributed by atoms with Crippen LogP contribution in [0, 0.1) is 13.8 Å². The van der Waals surface area contributed by atoms with Gasteiger partial charge in [-0.05, 0) is 67.4 Å². The van der Waals surface area contributed by atoms with Crippen LogP contribution in [0.1, 0.15) is 11.1 Å². The lowest BCUT2D eigenvalue weighted by atomic mass is 10.1. The van der Waals surface area contributed by atoms with Gasteiger partial charge < -0.3 is 10.1 Å². The molecule has 3 aromatic carbocycles. The highest BCUT2D eigenvalue weighted by molar-refractivity contribution is 6.30. The summed E-state index contributed by atoms with van der Waals surface area (Å²) in [5.74, 6) is 2.17. The highest BCUT2D eigenvalue weighted by Gasteiger charge is 2.07. The number of benzene rings is 3. The molecular formula is C22H18ClN3O. The maximum atomic E-state index is 6.02. The summed E-state index contributed by atoms with van der Waals surface area (Å²) in [6.45, 7) is 4.17. The smallest absolute Gasteiger partial charge is 0.141 e. The molecule has 0 amide bonds. The minimum Gasteiger partial charge on any atom is -0.457 e. The van der Waals surface area contributed by atoms with Gasteiger partial charge in [-0.3, -0.25) is 0 Å². The van der Waals surface area contributed by atoms with Crippen LogP contribution in [-0.4, -0.2) is 9.97 Å². The van der Waals surface area contributed by atoms with E-state index in [9.17, 15) is 0 Å². The van der Waals surface area contributed by atoms with E-state index >= 15 is 0 Å². The molecule has 1 heterocycles. The quantitative estimate of drug-likeness (QED) is 0.446. The Bertz CT molecular complexity index is 1130. The standard InChI is InChI=1S/C22H18ClN3O/c1-14-9-20-21(10-15(14)2)24-13-25-22(20)26-17-6-4-8-19(12-17)27-18-7-3-5-16(23)11-18/h3-13H,1-2H3,(H,24,25,26). The average Bonchev–Trinajstić information content (AvgIpc) is 2.64. The second kappa shape index (κ2) is 7.25. The van der Waals surface area contributed by atoms with Crippen LogP contribution in [-0.2, 0) is 0 Å². The fourth-order valence-electron chi connectivity index (χ4n) is 2.86. The van der Waals surface area contributed by atoms with Crippen molar-refractivity contribution in [1.29, 1.82) is 0 Å². The van der Waals surface area contributed by atoms with Crippen molar-refractivity contribution in [2.45, 2.75) is 13.8 Å². The van der Waals surface area contributed by atoms with Gasteiger partial charge in [-0.2, -0.15) is 0 Å². The van der Waals surface area contributed by atoms with Crippen molar-refractivity contribution in [1.82, 2.24) is 9.97 Å². The van der Waals surface area contributed by atoms with Crippen LogP contribution in [0.4, 0.5) is 11.5 Å². The van der Waals surface area contributed by atoms with Gasteiger partial charge in [0.1, 0.15) is 23.6 Å². The molecule has 4 rings (SSSR count). The number of hydrogen-bond acceptors (Lipinski definition) is 4. The second-order valence-electron chi connectivity index (χ2n) is 6.39. The number of nitrogens with one attached hydrogen (secondary N) is 1. The zero-order valence-electron chi connectivity index (χ0n) is 15.0. The lowest BCUT2D eigenvalue weighted by Gasteiger charge is -2.12. The Morgan fingerprint density at radius 2 is 1.59 bits per heavy atom. The minimum absolute atomic E-state index is 0.639. The molecule has 0 spiro atoms. The molecule has 134 valence electrons. The number of anilines is 2. The van der Waals surface area contributed by atoms with Gasteiger partial charge in [0.05, 0.1) is 5.52 Å². The number of halogens is 1. The Balaban J connectivity index is 1.64. The van der Waals surface area contributed by atoms with E-state index in [4.69, 9.17) is 16.3 Å². The number of hydrogen-bond donors (Lipinski definition) is 1. The summed E-state index contributed by atoms with van der Waals surface area (Å²) in [5.41, 5.74) is 4.22. The molecule has 0 unspecified atom stereocenters. The zero-order chi connectivity index (χ0) is 18.8. The van der Waals surface area contributed by atoms with E-state index in [2.05, 4.69) is 41.3 Å². The van der Waals surface area contributed by atoms with Gasteiger partial charge in [-0.1, -0.05) is 23.7 Å². The average molecular weight is 376 g/mol. The van der Waals surface area contributed by atoms with Crippen LogP contribution in [0.2, 0.25) is 5.02 Å². The molecule has 1 aromatic heterocycles. The lowest BCUT2D eigenvalue weighted by molar-refractivity contribution is 0.483. The summed E-state index contributed by atoms with van der Waals surface area (Å²) >= 11 is 6.02. The number of rotatable bonds is 4. The molecule has 27 heavy (non-hydrogen) atoms. The van der Waals surface area contributed by atoms with E-state index in [1.54, 1.807) is 12.4 Å². The first kappa shape index (κ1) is 17.3. The van der Waals surface area contributed by atoms with E-state index in [-0.39, 0.29) is 0 Å². The Morgan fingerprint density at radius 1 is 0.852 bits per heavy atom. The van der Waals surface area contributed by atoms with Crippen molar-refractivity contribution >= 4 is 34.0 Å². The third-order valence-electron chi connectivity index (χ3n) is 4.38. The minimum atomic E-state index is 0.639. The summed E-state index contributed by atoms with van der Waals surface area (Å²) in [6, 6.07) is 19.2. The lowest BCUT2D eigenvalue weighted by Crippen LogP contribution is -1.97. The van der Waals surface area contributed by atoms with Crippen LogP contribution in [0.5, 0.6) is 11.5 Å². The number of nitrogens with zero attached hydrogens (tertiary/aromatic N) is 2. The van der Waals surface area contributed by atoms with Gasteiger partial charge in [0, 0.05) is 22.2 Å². The van der Waals surface area contributed by atoms with Gasteiger partial charge in [0.25, 0.3) is 0 Å². The highest BCUT2D eigenvalue weighted by atomic mass is 35.5. The summed E-state index contributed by atoms with van der Waals surface area (Å²) < 4.78 is 5.90. The first-order chi connectivity index (χ1) is 13.1. The number of aryl methyl sites for hydroxylation is 2. The normalized spacial score (nSPS) is 10.8.